The number of para-hydroxylation sites is 1. The van der Waals surface area contributed by atoms with Crippen LogP contribution in [0.5, 0.6) is 0 Å². The number of aryl methyl sites for hydroxylation is 1. The zero-order valence-electron chi connectivity index (χ0n) is 9.85. The molecule has 0 bridgehead atoms. The first-order chi connectivity index (χ1) is 7.72. The molecule has 2 rings (SSSR count). The zero-order valence-corrected chi connectivity index (χ0v) is 10.7. The van der Waals surface area contributed by atoms with Gasteiger partial charge in [0.15, 0.2) is 0 Å². The minimum Gasteiger partial charge on any atom is -0.350 e. The van der Waals surface area contributed by atoms with Crippen LogP contribution in [0, 0.1) is 0 Å². The average Bonchev–Trinajstić information content (AvgIpc) is 2.64. The Hall–Kier alpha value is -0.930. The molecule has 0 saturated heterocycles. The molecule has 1 aromatic heterocycles. The summed E-state index contributed by atoms with van der Waals surface area (Å²) in [7, 11) is 4.20. The van der Waals surface area contributed by atoms with Gasteiger partial charge in [0.1, 0.15) is 0 Å². The molecule has 86 valence electrons. The van der Waals surface area contributed by atoms with Gasteiger partial charge in [-0.05, 0) is 25.1 Å². The maximum absolute atomic E-state index is 4.26. The van der Waals surface area contributed by atoms with E-state index in [-0.39, 0.29) is 0 Å². The second-order valence-electron chi connectivity index (χ2n) is 4.25. The first-order valence-corrected chi connectivity index (χ1v) is 6.18. The minimum absolute atomic E-state index is 0.810. The summed E-state index contributed by atoms with van der Waals surface area (Å²) in [5.41, 5.74) is 2.73. The van der Waals surface area contributed by atoms with Gasteiger partial charge < -0.3 is 4.57 Å². The molecule has 3 heteroatoms. The van der Waals surface area contributed by atoms with Crippen LogP contribution in [0.2, 0.25) is 0 Å². The number of benzene rings is 1. The van der Waals surface area contributed by atoms with Crippen LogP contribution >= 0.6 is 12.6 Å². The van der Waals surface area contributed by atoms with Gasteiger partial charge in [-0.15, -0.1) is 0 Å². The quantitative estimate of drug-likeness (QED) is 0.631. The van der Waals surface area contributed by atoms with Crippen molar-refractivity contribution in [1.82, 2.24) is 9.47 Å². The third-order valence-corrected chi connectivity index (χ3v) is 3.47. The Morgan fingerprint density at radius 3 is 2.81 bits per heavy atom. The smallest absolute Gasteiger partial charge is 0.0480 e. The van der Waals surface area contributed by atoms with Crippen molar-refractivity contribution in [2.45, 2.75) is 6.42 Å². The number of thiol groups is 1. The van der Waals surface area contributed by atoms with Gasteiger partial charge in [-0.3, -0.25) is 4.90 Å². The number of hydrogen-bond acceptors (Lipinski definition) is 2. The Labute approximate surface area is 102 Å². The molecule has 0 unspecified atom stereocenters. The van der Waals surface area contributed by atoms with Gasteiger partial charge in [-0.1, -0.05) is 18.2 Å². The van der Waals surface area contributed by atoms with Gasteiger partial charge in [0.2, 0.25) is 0 Å². The van der Waals surface area contributed by atoms with Crippen LogP contribution in [0.4, 0.5) is 0 Å². The van der Waals surface area contributed by atoms with Crippen molar-refractivity contribution in [2.75, 3.05) is 19.5 Å². The summed E-state index contributed by atoms with van der Waals surface area (Å²) in [6, 6.07) is 8.56. The van der Waals surface area contributed by atoms with E-state index in [4.69, 9.17) is 0 Å². The van der Waals surface area contributed by atoms with Crippen LogP contribution in [-0.4, -0.2) is 28.9 Å². The van der Waals surface area contributed by atoms with E-state index >= 15 is 0 Å². The fraction of sp³-hybridized carbons (Fsp3) is 0.385. The van der Waals surface area contributed by atoms with Crippen molar-refractivity contribution in [3.63, 3.8) is 0 Å². The Morgan fingerprint density at radius 1 is 1.31 bits per heavy atom. The highest BCUT2D eigenvalue weighted by atomic mass is 32.1. The lowest BCUT2D eigenvalue weighted by Crippen LogP contribution is -2.19. The number of likely N-dealkylation sites (N-methyl/N-ethyl adjacent to an activating group) is 1. The summed E-state index contributed by atoms with van der Waals surface area (Å²) in [5, 5.41) is 1.37. The first kappa shape index (κ1) is 11.6. The molecule has 2 nitrogen and oxygen atoms in total. The van der Waals surface area contributed by atoms with Crippen LogP contribution in [-0.2, 0) is 13.5 Å². The third-order valence-electron chi connectivity index (χ3n) is 2.98. The summed E-state index contributed by atoms with van der Waals surface area (Å²) in [6.45, 7) is 1.05. The number of rotatable bonds is 4. The van der Waals surface area contributed by atoms with Crippen LogP contribution in [0.3, 0.4) is 0 Å². The van der Waals surface area contributed by atoms with Crippen molar-refractivity contribution >= 4 is 23.5 Å². The summed E-state index contributed by atoms with van der Waals surface area (Å²) < 4.78 is 2.20. The van der Waals surface area contributed by atoms with Gasteiger partial charge in [-0.25, -0.2) is 0 Å². The van der Waals surface area contributed by atoms with E-state index in [1.807, 2.05) is 0 Å². The largest absolute Gasteiger partial charge is 0.350 e. The van der Waals surface area contributed by atoms with Gasteiger partial charge in [0, 0.05) is 36.6 Å². The van der Waals surface area contributed by atoms with E-state index in [1.54, 1.807) is 0 Å². The second kappa shape index (κ2) is 4.93. The molecular weight excluding hydrogens is 216 g/mol. The molecule has 0 N–H and O–H groups in total. The number of nitrogens with zero attached hydrogens (tertiary/aromatic N) is 2. The Morgan fingerprint density at radius 2 is 2.06 bits per heavy atom. The van der Waals surface area contributed by atoms with Crippen molar-refractivity contribution in [3.05, 3.63) is 36.0 Å². The van der Waals surface area contributed by atoms with Gasteiger partial charge >= 0.3 is 0 Å². The van der Waals surface area contributed by atoms with Crippen LogP contribution in [0.25, 0.3) is 10.9 Å². The van der Waals surface area contributed by atoms with Crippen LogP contribution in [0.15, 0.2) is 30.5 Å². The monoisotopic (exact) mass is 234 g/mol. The van der Waals surface area contributed by atoms with Gasteiger partial charge in [0.05, 0.1) is 0 Å². The molecule has 0 aliphatic rings. The molecule has 0 aliphatic heterocycles. The Kier molecular flexibility index (Phi) is 3.56. The minimum atomic E-state index is 0.810. The number of aromatic nitrogens is 1. The maximum atomic E-state index is 4.26. The second-order valence-corrected chi connectivity index (χ2v) is 4.54. The topological polar surface area (TPSA) is 8.17 Å². The third kappa shape index (κ3) is 2.25. The van der Waals surface area contributed by atoms with Crippen molar-refractivity contribution in [1.29, 1.82) is 0 Å². The lowest BCUT2D eigenvalue weighted by Gasteiger charge is -2.12. The van der Waals surface area contributed by atoms with E-state index in [2.05, 4.69) is 66.7 Å². The molecule has 1 heterocycles. The van der Waals surface area contributed by atoms with Crippen molar-refractivity contribution < 1.29 is 0 Å². The molecule has 16 heavy (non-hydrogen) atoms. The predicted molar refractivity (Wildman–Crippen MR) is 73.1 cm³/mol. The summed E-state index contributed by atoms with van der Waals surface area (Å²) in [6.07, 6.45) is 3.31. The lowest BCUT2D eigenvalue weighted by atomic mass is 10.1. The van der Waals surface area contributed by atoms with E-state index in [1.165, 1.54) is 16.5 Å². The normalized spacial score (nSPS) is 11.5. The van der Waals surface area contributed by atoms with E-state index in [0.29, 0.717) is 0 Å². The molecule has 0 saturated carbocycles. The molecule has 0 aliphatic carbocycles. The number of fused-ring (bicyclic) bond motifs is 1. The molecule has 0 fully saturated rings. The molecule has 0 atom stereocenters. The van der Waals surface area contributed by atoms with E-state index in [9.17, 15) is 0 Å². The lowest BCUT2D eigenvalue weighted by molar-refractivity contribution is 0.399. The first-order valence-electron chi connectivity index (χ1n) is 5.54. The standard InChI is InChI=1S/C13H18N2S/c1-14(10-16)8-7-11-9-15(2)13-6-4-3-5-12(11)13/h3-6,9,16H,7-8,10H2,1-2H3. The van der Waals surface area contributed by atoms with Crippen LogP contribution in [0.1, 0.15) is 5.56 Å². The fourth-order valence-corrected chi connectivity index (χ4v) is 2.15. The predicted octanol–water partition coefficient (Wildman–Crippen LogP) is 2.54. The summed E-state index contributed by atoms with van der Waals surface area (Å²) in [5.74, 6) is 0.810. The molecule has 1 aromatic carbocycles. The summed E-state index contributed by atoms with van der Waals surface area (Å²) >= 11 is 4.26. The Balaban J connectivity index is 2.24. The molecule has 0 radical (unpaired) electrons. The molecular formula is C13H18N2S. The van der Waals surface area contributed by atoms with Gasteiger partial charge in [0.25, 0.3) is 0 Å². The highest BCUT2D eigenvalue weighted by Gasteiger charge is 2.06. The molecule has 0 amide bonds. The van der Waals surface area contributed by atoms with Crippen LogP contribution < -0.4 is 0 Å². The Bertz CT molecular complexity index is 476. The highest BCUT2D eigenvalue weighted by Crippen LogP contribution is 2.20. The van der Waals surface area contributed by atoms with E-state index in [0.717, 1.165) is 18.8 Å². The molecule has 0 spiro atoms. The fourth-order valence-electron chi connectivity index (χ4n) is 2.01. The van der Waals surface area contributed by atoms with Gasteiger partial charge in [-0.2, -0.15) is 12.6 Å². The molecule has 2 aromatic rings. The van der Waals surface area contributed by atoms with E-state index < -0.39 is 0 Å². The number of hydrogen-bond donors (Lipinski definition) is 1. The summed E-state index contributed by atoms with van der Waals surface area (Å²) in [4.78, 5) is 2.21. The average molecular weight is 234 g/mol. The van der Waals surface area contributed by atoms with Crippen molar-refractivity contribution in [2.24, 2.45) is 7.05 Å². The highest BCUT2D eigenvalue weighted by molar-refractivity contribution is 7.80. The maximum Gasteiger partial charge on any atom is 0.0480 e. The van der Waals surface area contributed by atoms with Crippen molar-refractivity contribution in [3.8, 4) is 0 Å². The SMILES string of the molecule is CN(CS)CCc1cn(C)c2ccccc12. The zero-order chi connectivity index (χ0) is 11.5.